The fourth-order valence-electron chi connectivity index (χ4n) is 12.1. The maximum atomic E-state index is 14.3. The number of methoxy groups -OCH3 is 1. The number of anilines is 1. The summed E-state index contributed by atoms with van der Waals surface area (Å²) < 4.78 is 41.5. The number of aryl methyl sites for hydroxylation is 1. The first kappa shape index (κ1) is 66.4. The van der Waals surface area contributed by atoms with Crippen LogP contribution in [0, 0.1) is 24.7 Å². The van der Waals surface area contributed by atoms with Crippen LogP contribution >= 0.6 is 0 Å². The van der Waals surface area contributed by atoms with Gasteiger partial charge >= 0.3 is 18.2 Å². The number of phenolic OH excluding ortho intramolecular Hbond substituents is 2. The third kappa shape index (κ3) is 14.8. The van der Waals surface area contributed by atoms with Crippen LogP contribution in [0.5, 0.6) is 11.5 Å². The maximum absolute atomic E-state index is 14.3. The van der Waals surface area contributed by atoms with Crippen LogP contribution in [-0.4, -0.2) is 192 Å². The molecule has 26 heteroatoms. The van der Waals surface area contributed by atoms with Crippen molar-refractivity contribution < 1.29 is 91.6 Å². The third-order valence-corrected chi connectivity index (χ3v) is 16.8. The number of likely N-dealkylation sites (N-methyl/N-ethyl adjacent to an activating group) is 2. The number of Topliss-reactive ketones (excluding diaryl/α,β-unsaturated/α-hetero) is 2. The standard InChI is InChI=1S/C62H81N7O19/c1-31(2)24-44(72)66-50(32(3)4)41(70)25-36(13-11-19-64-59(63)78)56(77)65-37-17-15-35(16-18-37)29-84-60(79)67(7)20-21-68(8)61(80)85-30-43(71)62(81)27-39-47(54(76)49-48(52(39)74)51(73)38-14-10-12-33(5)46(38)53(49)75)42(28-62)87-45-26-40-55(34(6)86-45)88-57-58(82-9)83-23-22-69(40)57/h10,12,14-18,31-32,34,36,40,42,45,50,55,57-58,74,76,81H,11,13,19-30H2,1-9H3,(H,65,77)(H,66,72)(H3,63,64,78)/t34-,36+,40?,42-,45-,50-,55+,57+,58-,62-/m0/s1. The Kier molecular flexibility index (Phi) is 21.3. The van der Waals surface area contributed by atoms with Gasteiger partial charge in [-0.15, -0.1) is 0 Å². The van der Waals surface area contributed by atoms with Crippen molar-refractivity contribution in [2.75, 3.05) is 65.9 Å². The molecule has 3 aromatic carbocycles. The number of nitrogens with zero attached hydrogens (tertiary/aromatic N) is 3. The van der Waals surface area contributed by atoms with Crippen LogP contribution in [0.1, 0.15) is 133 Å². The van der Waals surface area contributed by atoms with Crippen LogP contribution in [0.2, 0.25) is 0 Å². The number of hydrogen-bond acceptors (Lipinski definition) is 20. The van der Waals surface area contributed by atoms with Crippen molar-refractivity contribution in [2.24, 2.45) is 23.5 Å². The van der Waals surface area contributed by atoms with Crippen molar-refractivity contribution in [3.63, 3.8) is 0 Å². The highest BCUT2D eigenvalue weighted by Gasteiger charge is 2.55. The molecule has 8 rings (SSSR count). The minimum absolute atomic E-state index is 0.00395. The van der Waals surface area contributed by atoms with Crippen LogP contribution in [-0.2, 0) is 65.4 Å². The van der Waals surface area contributed by atoms with Crippen molar-refractivity contribution in [1.82, 2.24) is 25.3 Å². The Morgan fingerprint density at radius 1 is 0.886 bits per heavy atom. The highest BCUT2D eigenvalue weighted by Crippen LogP contribution is 2.53. The number of aromatic hydroxyl groups is 2. The number of urea groups is 1. The van der Waals surface area contributed by atoms with Crippen LogP contribution in [0.4, 0.5) is 20.1 Å². The first-order chi connectivity index (χ1) is 41.7. The summed E-state index contributed by atoms with van der Waals surface area (Å²) in [5.74, 6) is -5.87. The highest BCUT2D eigenvalue weighted by atomic mass is 16.7. The molecule has 0 spiro atoms. The summed E-state index contributed by atoms with van der Waals surface area (Å²) in [5.41, 5.74) is 2.91. The van der Waals surface area contributed by atoms with E-state index >= 15 is 0 Å². The number of rotatable bonds is 24. The van der Waals surface area contributed by atoms with Crippen molar-refractivity contribution >= 4 is 58.9 Å². The van der Waals surface area contributed by atoms with Gasteiger partial charge < -0.3 is 80.0 Å². The zero-order valence-corrected chi connectivity index (χ0v) is 51.1. The largest absolute Gasteiger partial charge is 0.507 e. The number of primary amides is 1. The molecule has 10 atom stereocenters. The Morgan fingerprint density at radius 2 is 1.57 bits per heavy atom. The number of aliphatic hydroxyl groups is 1. The minimum Gasteiger partial charge on any atom is -0.507 e. The number of nitrogens with one attached hydrogen (secondary N) is 3. The zero-order valence-electron chi connectivity index (χ0n) is 51.1. The van der Waals surface area contributed by atoms with Gasteiger partial charge in [-0.3, -0.25) is 33.7 Å². The molecular weight excluding hydrogens is 1150 g/mol. The number of carbonyl (C=O) groups is 9. The molecule has 0 aromatic heterocycles. The number of morpholine rings is 1. The molecule has 3 aromatic rings. The van der Waals surface area contributed by atoms with E-state index in [9.17, 15) is 58.5 Å². The summed E-state index contributed by atoms with van der Waals surface area (Å²) in [6.45, 7) is 10.6. The Balaban J connectivity index is 0.870. The second-order valence-corrected chi connectivity index (χ2v) is 24.1. The average molecular weight is 1230 g/mol. The van der Waals surface area contributed by atoms with E-state index in [-0.39, 0.29) is 104 Å². The van der Waals surface area contributed by atoms with E-state index in [2.05, 4.69) is 20.9 Å². The van der Waals surface area contributed by atoms with Gasteiger partial charge in [0.2, 0.25) is 17.6 Å². The van der Waals surface area contributed by atoms with Gasteiger partial charge in [-0.05, 0) is 61.8 Å². The number of benzene rings is 3. The van der Waals surface area contributed by atoms with Gasteiger partial charge in [-0.25, -0.2) is 14.4 Å². The molecule has 478 valence electrons. The minimum atomic E-state index is -2.45. The summed E-state index contributed by atoms with van der Waals surface area (Å²) in [5, 5.41) is 44.7. The molecule has 0 saturated carbocycles. The summed E-state index contributed by atoms with van der Waals surface area (Å²) in [6, 6.07) is 9.31. The SMILES string of the molecule is CO[C@H]1OCCN2C3C[C@H](O[C@H]4C[C@](O)(C(=O)COC(=O)N(C)CCN(C)C(=O)OCc5ccc(NC(=O)[C@H](CCCNC(N)=O)CC(=O)[C@@H](NC(=O)CC(C)C)C(C)C)cc5)Cc5c(O)c6c(c(O)c54)C(=O)c4c(C)cccc4C6=O)O[C@@H](C)[C@H]3O[C@H]12. The summed E-state index contributed by atoms with van der Waals surface area (Å²) in [7, 11) is 4.32. The Labute approximate surface area is 509 Å². The number of nitrogens with two attached hydrogens (primary N) is 1. The molecule has 3 fully saturated rings. The Morgan fingerprint density at radius 3 is 2.23 bits per heavy atom. The Bertz CT molecular complexity index is 3160. The van der Waals surface area contributed by atoms with Gasteiger partial charge in [0.05, 0.1) is 36.0 Å². The molecule has 88 heavy (non-hydrogen) atoms. The van der Waals surface area contributed by atoms with Crippen LogP contribution < -0.4 is 21.7 Å². The molecule has 0 bridgehead atoms. The molecule has 1 unspecified atom stereocenters. The maximum Gasteiger partial charge on any atom is 0.409 e. The monoisotopic (exact) mass is 1230 g/mol. The van der Waals surface area contributed by atoms with E-state index in [0.29, 0.717) is 36.4 Å². The first-order valence-corrected chi connectivity index (χ1v) is 29.6. The van der Waals surface area contributed by atoms with Crippen LogP contribution in [0.3, 0.4) is 0 Å². The number of fused-ring (bicyclic) bond motifs is 6. The summed E-state index contributed by atoms with van der Waals surface area (Å²) >= 11 is 0. The first-order valence-electron chi connectivity index (χ1n) is 29.6. The summed E-state index contributed by atoms with van der Waals surface area (Å²) in [4.78, 5) is 125. The average Bonchev–Trinajstić information content (AvgIpc) is 1.25. The number of amides is 6. The normalized spacial score (nSPS) is 23.5. The van der Waals surface area contributed by atoms with Gasteiger partial charge in [0.15, 0.2) is 42.8 Å². The van der Waals surface area contributed by atoms with Gasteiger partial charge in [0.25, 0.3) is 0 Å². The lowest BCUT2D eigenvalue weighted by Crippen LogP contribution is -2.55. The van der Waals surface area contributed by atoms with E-state index in [1.807, 2.05) is 27.7 Å². The van der Waals surface area contributed by atoms with E-state index in [1.54, 1.807) is 50.2 Å². The molecule has 8 N–H and O–H groups in total. The number of hydrogen-bond donors (Lipinski definition) is 7. The van der Waals surface area contributed by atoms with Gasteiger partial charge in [0, 0.05) is 119 Å². The second-order valence-electron chi connectivity index (χ2n) is 24.1. The quantitative estimate of drug-likeness (QED) is 0.0375. The Hall–Kier alpha value is -7.59. The number of ketones is 4. The molecule has 6 amide bonds. The molecule has 5 aliphatic rings. The third-order valence-electron chi connectivity index (χ3n) is 16.8. The van der Waals surface area contributed by atoms with E-state index in [4.69, 9.17) is 38.9 Å². The molecule has 3 aliphatic heterocycles. The highest BCUT2D eigenvalue weighted by molar-refractivity contribution is 6.31. The van der Waals surface area contributed by atoms with Crippen molar-refractivity contribution in [3.05, 3.63) is 87.0 Å². The predicted molar refractivity (Wildman–Crippen MR) is 313 cm³/mol. The zero-order chi connectivity index (χ0) is 64.1. The molecule has 3 saturated heterocycles. The van der Waals surface area contributed by atoms with Gasteiger partial charge in [0.1, 0.15) is 29.8 Å². The smallest absolute Gasteiger partial charge is 0.409 e. The van der Waals surface area contributed by atoms with Gasteiger partial charge in [-0.2, -0.15) is 0 Å². The lowest BCUT2D eigenvalue weighted by molar-refractivity contribution is -0.256. The second kappa shape index (κ2) is 28.3. The van der Waals surface area contributed by atoms with Crippen molar-refractivity contribution in [3.8, 4) is 11.5 Å². The van der Waals surface area contributed by atoms with E-state index in [0.717, 1.165) is 4.90 Å². The number of carbonyl (C=O) groups excluding carboxylic acids is 9. The van der Waals surface area contributed by atoms with Crippen molar-refractivity contribution in [2.45, 2.75) is 148 Å². The van der Waals surface area contributed by atoms with Crippen LogP contribution in [0.25, 0.3) is 0 Å². The lowest BCUT2D eigenvalue weighted by atomic mass is 9.71. The number of phenols is 2. The topological polar surface area (TPSA) is 351 Å². The molecule has 0 radical (unpaired) electrons. The summed E-state index contributed by atoms with van der Waals surface area (Å²) in [6.07, 6.45) is -6.85. The van der Waals surface area contributed by atoms with Crippen LogP contribution in [0.15, 0.2) is 42.5 Å². The van der Waals surface area contributed by atoms with Gasteiger partial charge in [-0.1, -0.05) is 58.0 Å². The molecule has 2 aliphatic carbocycles. The fraction of sp³-hybridized carbons (Fsp3) is 0.565. The van der Waals surface area contributed by atoms with E-state index in [1.165, 1.54) is 32.2 Å². The lowest BCUT2D eigenvalue weighted by Gasteiger charge is -2.43. The predicted octanol–water partition coefficient (Wildman–Crippen LogP) is 4.51. The van der Waals surface area contributed by atoms with Crippen molar-refractivity contribution in [1.29, 1.82) is 0 Å². The molecular formula is C62H81N7O19. The molecule has 3 heterocycles. The number of ether oxygens (including phenoxy) is 7. The van der Waals surface area contributed by atoms with E-state index < -0.39 is 138 Å². The molecule has 26 nitrogen and oxygen atoms in total. The fourth-order valence-corrected chi connectivity index (χ4v) is 12.1.